The number of carbonyl (C=O) groups excluding carboxylic acids is 2. The van der Waals surface area contributed by atoms with Crippen molar-refractivity contribution in [2.24, 2.45) is 5.10 Å². The van der Waals surface area contributed by atoms with Crippen LogP contribution < -0.4 is 15.5 Å². The third-order valence-corrected chi connectivity index (χ3v) is 4.20. The molecule has 0 bridgehead atoms. The summed E-state index contributed by atoms with van der Waals surface area (Å²) in [6, 6.07) is 23.5. The van der Waals surface area contributed by atoms with Crippen LogP contribution >= 0.6 is 11.6 Å². The van der Waals surface area contributed by atoms with E-state index in [-0.39, 0.29) is 24.7 Å². The molecule has 0 aliphatic carbocycles. The third-order valence-electron chi connectivity index (χ3n) is 3.95. The smallest absolute Gasteiger partial charge is 0.240 e. The molecule has 0 saturated carbocycles. The molecule has 0 spiro atoms. The fourth-order valence-electron chi connectivity index (χ4n) is 2.50. The summed E-state index contributed by atoms with van der Waals surface area (Å²) in [6.45, 7) is 0. The Bertz CT molecular complexity index is 1020. The molecule has 0 atom stereocenters. The zero-order valence-corrected chi connectivity index (χ0v) is 16.8. The Morgan fingerprint density at radius 3 is 2.33 bits per heavy atom. The highest BCUT2D eigenvalue weighted by Crippen LogP contribution is 2.21. The molecule has 152 valence electrons. The lowest BCUT2D eigenvalue weighted by Gasteiger charge is -2.06. The van der Waals surface area contributed by atoms with Gasteiger partial charge in [-0.2, -0.15) is 5.10 Å². The second-order valence-electron chi connectivity index (χ2n) is 6.34. The van der Waals surface area contributed by atoms with E-state index >= 15 is 0 Å². The quantitative estimate of drug-likeness (QED) is 0.396. The number of ether oxygens (including phenoxy) is 1. The van der Waals surface area contributed by atoms with Crippen molar-refractivity contribution >= 4 is 35.3 Å². The van der Waals surface area contributed by atoms with Gasteiger partial charge in [0.2, 0.25) is 11.8 Å². The standard InChI is InChI=1S/C23H20ClN3O3/c24-18-9-11-19(12-10-18)26-22(28)13-14-23(29)27-25-16-17-5-4-8-21(15-17)30-20-6-2-1-3-7-20/h1-12,15-16H,13-14H2,(H,26,28)(H,27,29)/b25-16-. The first-order valence-corrected chi connectivity index (χ1v) is 9.66. The van der Waals surface area contributed by atoms with Crippen molar-refractivity contribution in [3.63, 3.8) is 0 Å². The number of rotatable bonds is 8. The Balaban J connectivity index is 1.43. The van der Waals surface area contributed by atoms with Crippen molar-refractivity contribution in [2.75, 3.05) is 5.32 Å². The molecule has 0 aliphatic heterocycles. The normalized spacial score (nSPS) is 10.6. The minimum atomic E-state index is -0.353. The molecule has 6 nitrogen and oxygen atoms in total. The van der Waals surface area contributed by atoms with E-state index in [0.717, 1.165) is 11.3 Å². The number of anilines is 1. The summed E-state index contributed by atoms with van der Waals surface area (Å²) in [5.41, 5.74) is 3.81. The number of amides is 2. The number of para-hydroxylation sites is 1. The van der Waals surface area contributed by atoms with Crippen LogP contribution in [0, 0.1) is 0 Å². The number of hydrogen-bond acceptors (Lipinski definition) is 4. The fraction of sp³-hybridized carbons (Fsp3) is 0.0870. The van der Waals surface area contributed by atoms with Gasteiger partial charge in [-0.25, -0.2) is 5.43 Å². The van der Waals surface area contributed by atoms with Gasteiger partial charge in [-0.1, -0.05) is 41.9 Å². The number of hydrazone groups is 1. The Morgan fingerprint density at radius 1 is 0.867 bits per heavy atom. The highest BCUT2D eigenvalue weighted by molar-refractivity contribution is 6.30. The molecular formula is C23H20ClN3O3. The first-order chi connectivity index (χ1) is 14.6. The topological polar surface area (TPSA) is 79.8 Å². The molecule has 0 unspecified atom stereocenters. The molecule has 0 saturated heterocycles. The van der Waals surface area contributed by atoms with Crippen LogP contribution in [0.25, 0.3) is 0 Å². The second-order valence-corrected chi connectivity index (χ2v) is 6.77. The first kappa shape index (κ1) is 21.1. The predicted octanol–water partition coefficient (Wildman–Crippen LogP) is 5.00. The van der Waals surface area contributed by atoms with Gasteiger partial charge >= 0.3 is 0 Å². The van der Waals surface area contributed by atoms with Crippen LogP contribution in [0.3, 0.4) is 0 Å². The minimum absolute atomic E-state index is 0.0217. The molecule has 0 fully saturated rings. The van der Waals surface area contributed by atoms with Crippen LogP contribution in [-0.2, 0) is 9.59 Å². The molecule has 0 aliphatic rings. The van der Waals surface area contributed by atoms with Gasteiger partial charge in [-0.3, -0.25) is 9.59 Å². The van der Waals surface area contributed by atoms with Gasteiger partial charge in [0.25, 0.3) is 0 Å². The third kappa shape index (κ3) is 7.07. The van der Waals surface area contributed by atoms with Gasteiger partial charge in [0.05, 0.1) is 6.21 Å². The first-order valence-electron chi connectivity index (χ1n) is 9.29. The molecule has 2 amide bonds. The van der Waals surface area contributed by atoms with Crippen molar-refractivity contribution in [3.8, 4) is 11.5 Å². The number of carbonyl (C=O) groups is 2. The van der Waals surface area contributed by atoms with Crippen LogP contribution in [0.15, 0.2) is 84.0 Å². The maximum absolute atomic E-state index is 11.9. The van der Waals surface area contributed by atoms with Crippen LogP contribution in [-0.4, -0.2) is 18.0 Å². The number of hydrogen-bond donors (Lipinski definition) is 2. The summed E-state index contributed by atoms with van der Waals surface area (Å²) in [6.07, 6.45) is 1.59. The molecule has 0 aromatic heterocycles. The maximum atomic E-state index is 11.9. The molecule has 30 heavy (non-hydrogen) atoms. The molecule has 3 aromatic carbocycles. The van der Waals surface area contributed by atoms with Gasteiger partial charge < -0.3 is 10.1 Å². The second kappa shape index (κ2) is 10.8. The van der Waals surface area contributed by atoms with Crippen molar-refractivity contribution in [3.05, 3.63) is 89.4 Å². The maximum Gasteiger partial charge on any atom is 0.240 e. The minimum Gasteiger partial charge on any atom is -0.457 e. The van der Waals surface area contributed by atoms with Gasteiger partial charge in [0, 0.05) is 23.6 Å². The van der Waals surface area contributed by atoms with Gasteiger partial charge in [0.15, 0.2) is 0 Å². The zero-order chi connectivity index (χ0) is 21.2. The zero-order valence-electron chi connectivity index (χ0n) is 16.0. The van der Waals surface area contributed by atoms with E-state index in [9.17, 15) is 9.59 Å². The van der Waals surface area contributed by atoms with Crippen LogP contribution in [0.5, 0.6) is 11.5 Å². The van der Waals surface area contributed by atoms with E-state index in [1.54, 1.807) is 24.3 Å². The van der Waals surface area contributed by atoms with Crippen molar-refractivity contribution in [1.82, 2.24) is 5.43 Å². The molecular weight excluding hydrogens is 402 g/mol. The van der Waals surface area contributed by atoms with Crippen molar-refractivity contribution in [2.45, 2.75) is 12.8 Å². The van der Waals surface area contributed by atoms with E-state index in [4.69, 9.17) is 16.3 Å². The summed E-state index contributed by atoms with van der Waals surface area (Å²) >= 11 is 5.80. The van der Waals surface area contributed by atoms with E-state index < -0.39 is 0 Å². The highest BCUT2D eigenvalue weighted by atomic mass is 35.5. The average molecular weight is 422 g/mol. The van der Waals surface area contributed by atoms with Crippen molar-refractivity contribution in [1.29, 1.82) is 0 Å². The Hall–Kier alpha value is -3.64. The molecule has 7 heteroatoms. The molecule has 2 N–H and O–H groups in total. The number of nitrogens with one attached hydrogen (secondary N) is 2. The molecule has 0 radical (unpaired) electrons. The lowest BCUT2D eigenvalue weighted by atomic mass is 10.2. The van der Waals surface area contributed by atoms with E-state index in [2.05, 4.69) is 15.8 Å². The van der Waals surface area contributed by atoms with Crippen LogP contribution in [0.1, 0.15) is 18.4 Å². The largest absolute Gasteiger partial charge is 0.457 e. The Labute approximate surface area is 179 Å². The average Bonchev–Trinajstić information content (AvgIpc) is 2.75. The highest BCUT2D eigenvalue weighted by Gasteiger charge is 2.07. The summed E-state index contributed by atoms with van der Waals surface area (Å²) < 4.78 is 5.77. The monoisotopic (exact) mass is 421 g/mol. The fourth-order valence-corrected chi connectivity index (χ4v) is 2.63. The van der Waals surface area contributed by atoms with Crippen molar-refractivity contribution < 1.29 is 14.3 Å². The lowest BCUT2D eigenvalue weighted by molar-refractivity contribution is -0.124. The summed E-state index contributed by atoms with van der Waals surface area (Å²) in [5, 5.41) is 7.22. The number of benzene rings is 3. The van der Waals surface area contributed by atoms with E-state index in [0.29, 0.717) is 16.5 Å². The molecule has 3 aromatic rings. The predicted molar refractivity (Wildman–Crippen MR) is 118 cm³/mol. The Kier molecular flexibility index (Phi) is 7.58. The van der Waals surface area contributed by atoms with E-state index in [1.165, 1.54) is 6.21 Å². The SMILES string of the molecule is O=C(CCC(=O)Nc1ccc(Cl)cc1)N/N=C\c1cccc(Oc2ccccc2)c1. The Morgan fingerprint density at radius 2 is 1.57 bits per heavy atom. The summed E-state index contributed by atoms with van der Waals surface area (Å²) in [4.78, 5) is 23.8. The van der Waals surface area contributed by atoms with E-state index in [1.807, 2.05) is 54.6 Å². The van der Waals surface area contributed by atoms with Gasteiger partial charge in [0.1, 0.15) is 11.5 Å². The van der Waals surface area contributed by atoms with Gasteiger partial charge in [-0.15, -0.1) is 0 Å². The number of halogens is 1. The molecule has 0 heterocycles. The molecule has 3 rings (SSSR count). The van der Waals surface area contributed by atoms with Crippen LogP contribution in [0.2, 0.25) is 5.02 Å². The van der Waals surface area contributed by atoms with Crippen LogP contribution in [0.4, 0.5) is 5.69 Å². The summed E-state index contributed by atoms with van der Waals surface area (Å²) in [7, 11) is 0. The van der Waals surface area contributed by atoms with Gasteiger partial charge in [-0.05, 0) is 54.1 Å². The number of nitrogens with zero attached hydrogens (tertiary/aromatic N) is 1. The summed E-state index contributed by atoms with van der Waals surface area (Å²) in [5.74, 6) is 0.781. The lowest BCUT2D eigenvalue weighted by Crippen LogP contribution is -2.20.